The number of carbonyl (C=O) groups excluding carboxylic acids is 3. The maximum atomic E-state index is 11.9. The summed E-state index contributed by atoms with van der Waals surface area (Å²) >= 11 is 2.86. The minimum absolute atomic E-state index is 0.143. The Kier molecular flexibility index (Phi) is 6.89. The Labute approximate surface area is 147 Å². The molecule has 2 aromatic heterocycles. The largest absolute Gasteiger partial charge is 0.451 e. The smallest absolute Gasteiger partial charge is 0.358 e. The average Bonchev–Trinajstić information content (AvgIpc) is 3.26. The van der Waals surface area contributed by atoms with E-state index < -0.39 is 18.5 Å². The molecule has 0 aliphatic carbocycles. The van der Waals surface area contributed by atoms with Crippen LogP contribution in [-0.2, 0) is 14.3 Å². The Morgan fingerprint density at radius 3 is 2.75 bits per heavy atom. The van der Waals surface area contributed by atoms with Crippen LogP contribution in [0.4, 0.5) is 0 Å². The molecule has 0 unspecified atom stereocenters. The van der Waals surface area contributed by atoms with Crippen molar-refractivity contribution >= 4 is 40.5 Å². The predicted octanol–water partition coefficient (Wildman–Crippen LogP) is 1.67. The number of esters is 1. The number of amides is 2. The van der Waals surface area contributed by atoms with Crippen molar-refractivity contribution in [3.8, 4) is 9.88 Å². The minimum Gasteiger partial charge on any atom is -0.451 e. The molecule has 0 spiro atoms. The normalized spacial score (nSPS) is 10.2. The van der Waals surface area contributed by atoms with Crippen LogP contribution in [0, 0.1) is 0 Å². The molecule has 128 valence electrons. The van der Waals surface area contributed by atoms with Gasteiger partial charge in [0, 0.05) is 11.9 Å². The van der Waals surface area contributed by atoms with Crippen LogP contribution in [0.3, 0.4) is 0 Å². The molecule has 0 saturated carbocycles. The number of aromatic nitrogens is 1. The van der Waals surface area contributed by atoms with Crippen molar-refractivity contribution in [3.63, 3.8) is 0 Å². The number of hydrogen-bond donors (Lipinski definition) is 2. The summed E-state index contributed by atoms with van der Waals surface area (Å²) < 4.78 is 4.90. The highest BCUT2D eigenvalue weighted by molar-refractivity contribution is 7.20. The highest BCUT2D eigenvalue weighted by Gasteiger charge is 2.15. The fraction of sp³-hybridized carbons (Fsp3) is 0.333. The number of thiazole rings is 1. The zero-order chi connectivity index (χ0) is 17.4. The molecule has 0 aliphatic heterocycles. The predicted molar refractivity (Wildman–Crippen MR) is 92.0 cm³/mol. The number of nitrogens with zero attached hydrogens (tertiary/aromatic N) is 1. The van der Waals surface area contributed by atoms with Crippen LogP contribution in [0.5, 0.6) is 0 Å². The van der Waals surface area contributed by atoms with E-state index in [-0.39, 0.29) is 18.1 Å². The number of carbonyl (C=O) groups is 3. The van der Waals surface area contributed by atoms with E-state index in [4.69, 9.17) is 4.74 Å². The van der Waals surface area contributed by atoms with E-state index >= 15 is 0 Å². The molecule has 2 rings (SSSR count). The molecular weight excluding hydrogens is 350 g/mol. The van der Waals surface area contributed by atoms with Crippen LogP contribution in [-0.4, -0.2) is 42.5 Å². The van der Waals surface area contributed by atoms with Crippen molar-refractivity contribution < 1.29 is 19.1 Å². The molecular formula is C15H17N3O4S2. The van der Waals surface area contributed by atoms with E-state index in [2.05, 4.69) is 15.6 Å². The summed E-state index contributed by atoms with van der Waals surface area (Å²) in [6.45, 7) is 1.89. The Bertz CT molecular complexity index is 697. The van der Waals surface area contributed by atoms with Crippen molar-refractivity contribution in [2.45, 2.75) is 13.3 Å². The molecule has 7 nitrogen and oxygen atoms in total. The zero-order valence-corrected chi connectivity index (χ0v) is 14.7. The van der Waals surface area contributed by atoms with Gasteiger partial charge in [-0.25, -0.2) is 9.78 Å². The van der Waals surface area contributed by atoms with E-state index in [1.807, 2.05) is 24.4 Å². The van der Waals surface area contributed by atoms with Crippen molar-refractivity contribution in [1.82, 2.24) is 15.6 Å². The SMILES string of the molecule is CCCNC(=O)CNC(=O)COC(=O)c1csc(-c2cccs2)n1. The van der Waals surface area contributed by atoms with Gasteiger partial charge in [-0.05, 0) is 17.9 Å². The topological polar surface area (TPSA) is 97.4 Å². The second kappa shape index (κ2) is 9.14. The molecule has 0 bridgehead atoms. The van der Waals surface area contributed by atoms with Crippen molar-refractivity contribution in [3.05, 3.63) is 28.6 Å². The summed E-state index contributed by atoms with van der Waals surface area (Å²) in [6.07, 6.45) is 0.818. The summed E-state index contributed by atoms with van der Waals surface area (Å²) in [7, 11) is 0. The number of rotatable bonds is 8. The summed E-state index contributed by atoms with van der Waals surface area (Å²) in [5.74, 6) is -1.49. The van der Waals surface area contributed by atoms with Gasteiger partial charge in [0.25, 0.3) is 5.91 Å². The van der Waals surface area contributed by atoms with Gasteiger partial charge >= 0.3 is 5.97 Å². The molecule has 0 fully saturated rings. The summed E-state index contributed by atoms with van der Waals surface area (Å²) in [6, 6.07) is 3.82. The Balaban J connectivity index is 1.75. The fourth-order valence-electron chi connectivity index (χ4n) is 1.64. The number of nitrogens with one attached hydrogen (secondary N) is 2. The third kappa shape index (κ3) is 5.43. The van der Waals surface area contributed by atoms with Crippen LogP contribution in [0.1, 0.15) is 23.8 Å². The number of thiophene rings is 1. The monoisotopic (exact) mass is 367 g/mol. The molecule has 2 aromatic rings. The molecule has 0 aromatic carbocycles. The van der Waals surface area contributed by atoms with Gasteiger partial charge in [-0.3, -0.25) is 9.59 Å². The zero-order valence-electron chi connectivity index (χ0n) is 13.0. The van der Waals surface area contributed by atoms with Crippen LogP contribution in [0.25, 0.3) is 9.88 Å². The fourth-order valence-corrected chi connectivity index (χ4v) is 3.25. The molecule has 2 N–H and O–H groups in total. The van der Waals surface area contributed by atoms with Gasteiger partial charge < -0.3 is 15.4 Å². The maximum absolute atomic E-state index is 11.9. The minimum atomic E-state index is -0.667. The van der Waals surface area contributed by atoms with Gasteiger partial charge in [-0.2, -0.15) is 0 Å². The maximum Gasteiger partial charge on any atom is 0.358 e. The molecule has 0 aliphatic rings. The number of ether oxygens (including phenoxy) is 1. The van der Waals surface area contributed by atoms with Gasteiger partial charge in [-0.15, -0.1) is 22.7 Å². The summed E-state index contributed by atoms with van der Waals surface area (Å²) in [4.78, 5) is 39.9. The van der Waals surface area contributed by atoms with Crippen LogP contribution in [0.2, 0.25) is 0 Å². The highest BCUT2D eigenvalue weighted by Crippen LogP contribution is 2.27. The molecule has 0 atom stereocenters. The second-order valence-electron chi connectivity index (χ2n) is 4.72. The van der Waals surface area contributed by atoms with Gasteiger partial charge in [0.2, 0.25) is 5.91 Å². The van der Waals surface area contributed by atoms with Crippen molar-refractivity contribution in [2.75, 3.05) is 19.7 Å². The van der Waals surface area contributed by atoms with Crippen molar-refractivity contribution in [1.29, 1.82) is 0 Å². The first-order valence-corrected chi connectivity index (χ1v) is 9.06. The molecule has 9 heteroatoms. The van der Waals surface area contributed by atoms with Crippen LogP contribution in [0.15, 0.2) is 22.9 Å². The van der Waals surface area contributed by atoms with Gasteiger partial charge in [-0.1, -0.05) is 13.0 Å². The lowest BCUT2D eigenvalue weighted by molar-refractivity contribution is -0.127. The standard InChI is InChI=1S/C15H17N3O4S2/c1-2-5-16-12(19)7-17-13(20)8-22-15(21)10-9-24-14(18-10)11-4-3-6-23-11/h3-4,6,9H,2,5,7-8H2,1H3,(H,16,19)(H,17,20). The highest BCUT2D eigenvalue weighted by atomic mass is 32.1. The van der Waals surface area contributed by atoms with E-state index in [0.29, 0.717) is 6.54 Å². The van der Waals surface area contributed by atoms with E-state index in [0.717, 1.165) is 16.3 Å². The van der Waals surface area contributed by atoms with Gasteiger partial charge in [0.05, 0.1) is 11.4 Å². The first-order valence-electron chi connectivity index (χ1n) is 7.30. The van der Waals surface area contributed by atoms with E-state index in [1.165, 1.54) is 22.7 Å². The molecule has 2 heterocycles. The Morgan fingerprint density at radius 1 is 1.21 bits per heavy atom. The van der Waals surface area contributed by atoms with Gasteiger partial charge in [0.15, 0.2) is 12.3 Å². The van der Waals surface area contributed by atoms with Crippen LogP contribution >= 0.6 is 22.7 Å². The quantitative estimate of drug-likeness (QED) is 0.692. The second-order valence-corrected chi connectivity index (χ2v) is 6.52. The molecule has 0 radical (unpaired) electrons. The summed E-state index contributed by atoms with van der Waals surface area (Å²) in [5, 5.41) is 9.25. The molecule has 2 amide bonds. The molecule has 0 saturated heterocycles. The van der Waals surface area contributed by atoms with E-state index in [1.54, 1.807) is 5.38 Å². The third-order valence-electron chi connectivity index (χ3n) is 2.80. The Hall–Kier alpha value is -2.26. The van der Waals surface area contributed by atoms with Crippen molar-refractivity contribution in [2.24, 2.45) is 0 Å². The Morgan fingerprint density at radius 2 is 2.04 bits per heavy atom. The first kappa shape index (κ1) is 18.1. The number of hydrogen-bond acceptors (Lipinski definition) is 7. The first-order chi connectivity index (χ1) is 11.6. The van der Waals surface area contributed by atoms with Crippen LogP contribution < -0.4 is 10.6 Å². The summed E-state index contributed by atoms with van der Waals surface area (Å²) in [5.41, 5.74) is 0.164. The van der Waals surface area contributed by atoms with E-state index in [9.17, 15) is 14.4 Å². The lowest BCUT2D eigenvalue weighted by Gasteiger charge is -2.06. The lowest BCUT2D eigenvalue weighted by atomic mass is 10.4. The third-order valence-corrected chi connectivity index (χ3v) is 4.68. The molecule has 24 heavy (non-hydrogen) atoms. The van der Waals surface area contributed by atoms with Gasteiger partial charge in [0.1, 0.15) is 5.01 Å². The lowest BCUT2D eigenvalue weighted by Crippen LogP contribution is -2.38. The average molecular weight is 367 g/mol.